The molecule has 1 aromatic carbocycles. The first-order valence-electron chi connectivity index (χ1n) is 6.82. The minimum Gasteiger partial charge on any atom is -0.497 e. The molecule has 0 fully saturated rings. The molecule has 1 aromatic heterocycles. The third-order valence-electron chi connectivity index (χ3n) is 3.09. The third-order valence-corrected chi connectivity index (χ3v) is 4.04. The highest BCUT2D eigenvalue weighted by molar-refractivity contribution is 7.22. The number of nitrogens with zero attached hydrogens (tertiary/aromatic N) is 1. The lowest BCUT2D eigenvalue weighted by Crippen LogP contribution is -2.32. The molecule has 0 amide bonds. The zero-order valence-corrected chi connectivity index (χ0v) is 13.5. The molecule has 1 heterocycles. The number of carbonyl (C=O) groups is 1. The second kappa shape index (κ2) is 6.76. The molecule has 0 aliphatic rings. The van der Waals surface area contributed by atoms with Crippen LogP contribution in [0.2, 0.25) is 0 Å². The van der Waals surface area contributed by atoms with Crippen molar-refractivity contribution in [1.29, 1.82) is 0 Å². The van der Waals surface area contributed by atoms with Gasteiger partial charge < -0.3 is 14.8 Å². The van der Waals surface area contributed by atoms with Gasteiger partial charge in [0.1, 0.15) is 11.8 Å². The number of nitrogens with one attached hydrogen (secondary N) is 1. The van der Waals surface area contributed by atoms with Crippen LogP contribution < -0.4 is 10.1 Å². The third kappa shape index (κ3) is 3.85. The van der Waals surface area contributed by atoms with Crippen molar-refractivity contribution in [2.24, 2.45) is 5.92 Å². The van der Waals surface area contributed by atoms with E-state index in [9.17, 15) is 4.79 Å². The van der Waals surface area contributed by atoms with Crippen LogP contribution in [-0.4, -0.2) is 31.2 Å². The number of methoxy groups -OCH3 is 2. The molecule has 1 atom stereocenters. The van der Waals surface area contributed by atoms with E-state index in [4.69, 9.17) is 9.47 Å². The number of carbonyl (C=O) groups excluding carboxylic acids is 1. The van der Waals surface area contributed by atoms with Gasteiger partial charge in [-0.2, -0.15) is 0 Å². The van der Waals surface area contributed by atoms with E-state index in [0.717, 1.165) is 16.0 Å². The molecule has 6 heteroatoms. The number of benzene rings is 1. The summed E-state index contributed by atoms with van der Waals surface area (Å²) in [5.41, 5.74) is 0.886. The van der Waals surface area contributed by atoms with Gasteiger partial charge in [0.25, 0.3) is 0 Å². The van der Waals surface area contributed by atoms with Gasteiger partial charge in [-0.05, 0) is 30.5 Å². The van der Waals surface area contributed by atoms with Gasteiger partial charge in [0.15, 0.2) is 5.13 Å². The molecule has 0 bridgehead atoms. The van der Waals surface area contributed by atoms with Gasteiger partial charge in [-0.25, -0.2) is 9.78 Å². The molecule has 2 aromatic rings. The molecule has 2 rings (SSSR count). The van der Waals surface area contributed by atoms with Crippen LogP contribution in [0.3, 0.4) is 0 Å². The predicted octanol–water partition coefficient (Wildman–Crippen LogP) is 3.30. The highest BCUT2D eigenvalue weighted by Crippen LogP contribution is 2.30. The molecule has 5 nitrogen and oxygen atoms in total. The molecule has 0 spiro atoms. The predicted molar refractivity (Wildman–Crippen MR) is 85.1 cm³/mol. The molecule has 0 saturated carbocycles. The molecule has 1 N–H and O–H groups in total. The first-order chi connectivity index (χ1) is 10.0. The Kier molecular flexibility index (Phi) is 5.01. The molecule has 0 aliphatic heterocycles. The van der Waals surface area contributed by atoms with Gasteiger partial charge in [0, 0.05) is 0 Å². The number of hydrogen-bond donors (Lipinski definition) is 1. The fraction of sp³-hybridized carbons (Fsp3) is 0.467. The highest BCUT2D eigenvalue weighted by atomic mass is 32.1. The Morgan fingerprint density at radius 3 is 2.76 bits per heavy atom. The molecular formula is C15H20N2O3S. The summed E-state index contributed by atoms with van der Waals surface area (Å²) in [4.78, 5) is 16.3. The Morgan fingerprint density at radius 1 is 1.38 bits per heavy atom. The molecule has 1 unspecified atom stereocenters. The number of esters is 1. The fourth-order valence-electron chi connectivity index (χ4n) is 2.07. The topological polar surface area (TPSA) is 60.5 Å². The Labute approximate surface area is 128 Å². The lowest BCUT2D eigenvalue weighted by Gasteiger charge is -2.17. The minimum atomic E-state index is -0.377. The largest absolute Gasteiger partial charge is 0.497 e. The lowest BCUT2D eigenvalue weighted by atomic mass is 10.0. The van der Waals surface area contributed by atoms with Crippen molar-refractivity contribution in [3.05, 3.63) is 18.2 Å². The SMILES string of the molecule is COC(=O)C(CC(C)C)Nc1nc2ccc(OC)cc2s1. The number of ether oxygens (including phenoxy) is 2. The van der Waals surface area contributed by atoms with E-state index >= 15 is 0 Å². The van der Waals surface area contributed by atoms with Crippen molar-refractivity contribution >= 4 is 32.7 Å². The summed E-state index contributed by atoms with van der Waals surface area (Å²) in [5.74, 6) is 0.918. The van der Waals surface area contributed by atoms with E-state index < -0.39 is 0 Å². The average molecular weight is 308 g/mol. The van der Waals surface area contributed by atoms with Crippen LogP contribution in [0.4, 0.5) is 5.13 Å². The molecular weight excluding hydrogens is 288 g/mol. The summed E-state index contributed by atoms with van der Waals surface area (Å²) in [6.45, 7) is 4.14. The van der Waals surface area contributed by atoms with Gasteiger partial charge in [-0.1, -0.05) is 25.2 Å². The van der Waals surface area contributed by atoms with E-state index in [0.29, 0.717) is 17.5 Å². The van der Waals surface area contributed by atoms with Crippen LogP contribution >= 0.6 is 11.3 Å². The number of anilines is 1. The number of hydrogen-bond acceptors (Lipinski definition) is 6. The van der Waals surface area contributed by atoms with E-state index in [1.54, 1.807) is 7.11 Å². The molecule has 114 valence electrons. The molecule has 21 heavy (non-hydrogen) atoms. The first kappa shape index (κ1) is 15.6. The second-order valence-corrected chi connectivity index (χ2v) is 6.23. The van der Waals surface area contributed by atoms with Crippen LogP contribution in [0.15, 0.2) is 18.2 Å². The smallest absolute Gasteiger partial charge is 0.328 e. The first-order valence-corrected chi connectivity index (χ1v) is 7.64. The monoisotopic (exact) mass is 308 g/mol. The van der Waals surface area contributed by atoms with Crippen LogP contribution in [0.25, 0.3) is 10.2 Å². The van der Waals surface area contributed by atoms with E-state index in [-0.39, 0.29) is 12.0 Å². The van der Waals surface area contributed by atoms with E-state index in [1.807, 2.05) is 18.2 Å². The van der Waals surface area contributed by atoms with Crippen molar-refractivity contribution in [2.75, 3.05) is 19.5 Å². The number of fused-ring (bicyclic) bond motifs is 1. The van der Waals surface area contributed by atoms with E-state index in [1.165, 1.54) is 18.4 Å². The number of rotatable bonds is 6. The molecule has 0 radical (unpaired) electrons. The maximum absolute atomic E-state index is 11.8. The Morgan fingerprint density at radius 2 is 2.14 bits per heavy atom. The Hall–Kier alpha value is -1.82. The summed E-state index contributed by atoms with van der Waals surface area (Å²) >= 11 is 1.50. The number of thiazole rings is 1. The minimum absolute atomic E-state index is 0.263. The van der Waals surface area contributed by atoms with Crippen molar-refractivity contribution in [3.8, 4) is 5.75 Å². The van der Waals surface area contributed by atoms with Crippen molar-refractivity contribution in [3.63, 3.8) is 0 Å². The zero-order chi connectivity index (χ0) is 15.4. The van der Waals surface area contributed by atoms with Crippen molar-refractivity contribution < 1.29 is 14.3 Å². The van der Waals surface area contributed by atoms with Gasteiger partial charge in [-0.3, -0.25) is 0 Å². The molecule has 0 saturated heterocycles. The van der Waals surface area contributed by atoms with Gasteiger partial charge in [0.05, 0.1) is 24.4 Å². The average Bonchev–Trinajstić information content (AvgIpc) is 2.86. The summed E-state index contributed by atoms with van der Waals surface area (Å²) < 4.78 is 11.1. The molecule has 0 aliphatic carbocycles. The summed E-state index contributed by atoms with van der Waals surface area (Å²) in [5, 5.41) is 3.90. The van der Waals surface area contributed by atoms with Gasteiger partial charge in [0.2, 0.25) is 0 Å². The zero-order valence-electron chi connectivity index (χ0n) is 12.7. The normalized spacial score (nSPS) is 12.4. The Balaban J connectivity index is 2.21. The fourth-order valence-corrected chi connectivity index (χ4v) is 3.02. The van der Waals surface area contributed by atoms with Gasteiger partial charge >= 0.3 is 5.97 Å². The maximum Gasteiger partial charge on any atom is 0.328 e. The quantitative estimate of drug-likeness (QED) is 0.830. The Bertz CT molecular complexity index is 624. The summed E-state index contributed by atoms with van der Waals surface area (Å²) in [6.07, 6.45) is 0.700. The van der Waals surface area contributed by atoms with Crippen LogP contribution in [0.5, 0.6) is 5.75 Å². The van der Waals surface area contributed by atoms with Gasteiger partial charge in [-0.15, -0.1) is 0 Å². The number of aromatic nitrogens is 1. The summed E-state index contributed by atoms with van der Waals surface area (Å²) in [7, 11) is 3.04. The van der Waals surface area contributed by atoms with E-state index in [2.05, 4.69) is 24.1 Å². The standard InChI is InChI=1S/C15H20N2O3S/c1-9(2)7-12(14(18)20-4)17-15-16-11-6-5-10(19-3)8-13(11)21-15/h5-6,8-9,12H,7H2,1-4H3,(H,16,17). The maximum atomic E-state index is 11.8. The van der Waals surface area contributed by atoms with Crippen molar-refractivity contribution in [1.82, 2.24) is 4.98 Å². The van der Waals surface area contributed by atoms with Crippen LogP contribution in [0.1, 0.15) is 20.3 Å². The second-order valence-electron chi connectivity index (χ2n) is 5.20. The summed E-state index contributed by atoms with van der Waals surface area (Å²) in [6, 6.07) is 5.34. The van der Waals surface area contributed by atoms with Crippen molar-refractivity contribution in [2.45, 2.75) is 26.3 Å². The van der Waals surface area contributed by atoms with Crippen LogP contribution in [0, 0.1) is 5.92 Å². The lowest BCUT2D eigenvalue weighted by molar-refractivity contribution is -0.141. The van der Waals surface area contributed by atoms with Crippen LogP contribution in [-0.2, 0) is 9.53 Å². The highest BCUT2D eigenvalue weighted by Gasteiger charge is 2.21.